The molecule has 1 saturated heterocycles. The molecule has 0 spiro atoms. The lowest BCUT2D eigenvalue weighted by atomic mass is 9.90. The molecule has 1 aromatic heterocycles. The first-order valence-corrected chi connectivity index (χ1v) is 6.29. The average molecular weight is 237 g/mol. The summed E-state index contributed by atoms with van der Waals surface area (Å²) in [5.41, 5.74) is 6.28. The SMILES string of the molecule is Cc1ccc(C(N)C(C)(C)N2CCNCC2)o1. The van der Waals surface area contributed by atoms with Crippen LogP contribution >= 0.6 is 0 Å². The summed E-state index contributed by atoms with van der Waals surface area (Å²) in [6, 6.07) is 3.88. The van der Waals surface area contributed by atoms with Crippen molar-refractivity contribution in [2.24, 2.45) is 5.73 Å². The van der Waals surface area contributed by atoms with E-state index in [4.69, 9.17) is 10.2 Å². The lowest BCUT2D eigenvalue weighted by Crippen LogP contribution is -2.57. The van der Waals surface area contributed by atoms with Crippen LogP contribution in [0.1, 0.15) is 31.4 Å². The van der Waals surface area contributed by atoms with Gasteiger partial charge in [-0.25, -0.2) is 0 Å². The second-order valence-electron chi connectivity index (χ2n) is 5.32. The second-order valence-corrected chi connectivity index (χ2v) is 5.32. The third kappa shape index (κ3) is 2.54. The highest BCUT2D eigenvalue weighted by Crippen LogP contribution is 2.30. The molecule has 17 heavy (non-hydrogen) atoms. The van der Waals surface area contributed by atoms with Crippen molar-refractivity contribution in [3.63, 3.8) is 0 Å². The molecule has 0 radical (unpaired) electrons. The number of nitrogens with one attached hydrogen (secondary N) is 1. The second kappa shape index (κ2) is 4.80. The van der Waals surface area contributed by atoms with Crippen LogP contribution in [0.15, 0.2) is 16.5 Å². The van der Waals surface area contributed by atoms with E-state index in [1.54, 1.807) is 0 Å². The minimum atomic E-state index is -0.0886. The molecule has 0 amide bonds. The molecule has 0 saturated carbocycles. The molecule has 1 aromatic rings. The fourth-order valence-corrected chi connectivity index (χ4v) is 2.41. The highest BCUT2D eigenvalue weighted by molar-refractivity contribution is 5.14. The zero-order chi connectivity index (χ0) is 12.5. The van der Waals surface area contributed by atoms with Gasteiger partial charge in [0, 0.05) is 31.7 Å². The number of nitrogens with zero attached hydrogens (tertiary/aromatic N) is 1. The van der Waals surface area contributed by atoms with E-state index >= 15 is 0 Å². The van der Waals surface area contributed by atoms with Gasteiger partial charge in [0.15, 0.2) is 0 Å². The summed E-state index contributed by atoms with van der Waals surface area (Å²) in [5, 5.41) is 3.36. The topological polar surface area (TPSA) is 54.4 Å². The van der Waals surface area contributed by atoms with E-state index in [1.807, 2.05) is 19.1 Å². The smallest absolute Gasteiger partial charge is 0.122 e. The Morgan fingerprint density at radius 2 is 2.00 bits per heavy atom. The van der Waals surface area contributed by atoms with Gasteiger partial charge in [-0.1, -0.05) is 0 Å². The molecular formula is C13H23N3O. The van der Waals surface area contributed by atoms with Crippen LogP contribution in [0.2, 0.25) is 0 Å². The number of nitrogens with two attached hydrogens (primary N) is 1. The highest BCUT2D eigenvalue weighted by Gasteiger charge is 2.36. The molecule has 96 valence electrons. The van der Waals surface area contributed by atoms with E-state index < -0.39 is 0 Å². The van der Waals surface area contributed by atoms with Crippen molar-refractivity contribution in [2.75, 3.05) is 26.2 Å². The van der Waals surface area contributed by atoms with E-state index in [0.717, 1.165) is 37.7 Å². The van der Waals surface area contributed by atoms with Crippen molar-refractivity contribution < 1.29 is 4.42 Å². The summed E-state index contributed by atoms with van der Waals surface area (Å²) in [6.45, 7) is 10.5. The lowest BCUT2D eigenvalue weighted by Gasteiger charge is -2.44. The standard InChI is InChI=1S/C13H23N3O/c1-10-4-5-11(17-10)12(14)13(2,3)16-8-6-15-7-9-16/h4-5,12,15H,6-9,14H2,1-3H3. The molecule has 1 aliphatic heterocycles. The summed E-state index contributed by atoms with van der Waals surface area (Å²) in [4.78, 5) is 2.44. The fourth-order valence-electron chi connectivity index (χ4n) is 2.41. The zero-order valence-electron chi connectivity index (χ0n) is 11.0. The number of aryl methyl sites for hydroxylation is 1. The Kier molecular flexibility index (Phi) is 3.56. The fraction of sp³-hybridized carbons (Fsp3) is 0.692. The van der Waals surface area contributed by atoms with E-state index in [1.165, 1.54) is 0 Å². The van der Waals surface area contributed by atoms with Crippen LogP contribution in [0.3, 0.4) is 0 Å². The number of rotatable bonds is 3. The third-order valence-corrected chi connectivity index (χ3v) is 3.76. The average Bonchev–Trinajstić information content (AvgIpc) is 2.76. The van der Waals surface area contributed by atoms with Crippen molar-refractivity contribution in [3.05, 3.63) is 23.7 Å². The van der Waals surface area contributed by atoms with Crippen molar-refractivity contribution in [1.29, 1.82) is 0 Å². The van der Waals surface area contributed by atoms with Crippen LogP contribution in [-0.4, -0.2) is 36.6 Å². The number of furan rings is 1. The molecule has 2 heterocycles. The summed E-state index contributed by atoms with van der Waals surface area (Å²) >= 11 is 0. The molecule has 1 fully saturated rings. The van der Waals surface area contributed by atoms with E-state index in [9.17, 15) is 0 Å². The Morgan fingerprint density at radius 1 is 1.35 bits per heavy atom. The Morgan fingerprint density at radius 3 is 2.53 bits per heavy atom. The van der Waals surface area contributed by atoms with Gasteiger partial charge in [0.25, 0.3) is 0 Å². The number of hydrogen-bond acceptors (Lipinski definition) is 4. The van der Waals surface area contributed by atoms with Crippen LogP contribution in [0, 0.1) is 6.92 Å². The molecular weight excluding hydrogens is 214 g/mol. The van der Waals surface area contributed by atoms with Crippen LogP contribution in [0.25, 0.3) is 0 Å². The van der Waals surface area contributed by atoms with E-state index in [0.29, 0.717) is 0 Å². The van der Waals surface area contributed by atoms with Gasteiger partial charge in [0.1, 0.15) is 11.5 Å². The molecule has 4 heteroatoms. The molecule has 4 nitrogen and oxygen atoms in total. The van der Waals surface area contributed by atoms with Gasteiger partial charge in [-0.05, 0) is 32.9 Å². The molecule has 0 bridgehead atoms. The number of piperazine rings is 1. The summed E-state index contributed by atoms with van der Waals surface area (Å²) < 4.78 is 5.66. The summed E-state index contributed by atoms with van der Waals surface area (Å²) in [6.07, 6.45) is 0. The van der Waals surface area contributed by atoms with Gasteiger partial charge in [-0.3, -0.25) is 4.90 Å². The normalized spacial score (nSPS) is 20.5. The molecule has 1 aliphatic rings. The summed E-state index contributed by atoms with van der Waals surface area (Å²) in [5.74, 6) is 1.80. The van der Waals surface area contributed by atoms with Gasteiger partial charge in [0.2, 0.25) is 0 Å². The van der Waals surface area contributed by atoms with Crippen molar-refractivity contribution in [1.82, 2.24) is 10.2 Å². The Labute approximate surface area is 103 Å². The quantitative estimate of drug-likeness (QED) is 0.831. The number of hydrogen-bond donors (Lipinski definition) is 2. The van der Waals surface area contributed by atoms with E-state index in [-0.39, 0.29) is 11.6 Å². The van der Waals surface area contributed by atoms with Crippen LogP contribution in [0.4, 0.5) is 0 Å². The Balaban J connectivity index is 2.13. The molecule has 1 atom stereocenters. The predicted molar refractivity (Wildman–Crippen MR) is 68.9 cm³/mol. The monoisotopic (exact) mass is 237 g/mol. The van der Waals surface area contributed by atoms with Gasteiger partial charge in [-0.15, -0.1) is 0 Å². The lowest BCUT2D eigenvalue weighted by molar-refractivity contribution is 0.0731. The van der Waals surface area contributed by atoms with Gasteiger partial charge in [0.05, 0.1) is 6.04 Å². The van der Waals surface area contributed by atoms with Crippen molar-refractivity contribution in [3.8, 4) is 0 Å². The first-order valence-electron chi connectivity index (χ1n) is 6.29. The first kappa shape index (κ1) is 12.6. The van der Waals surface area contributed by atoms with Crippen molar-refractivity contribution in [2.45, 2.75) is 32.4 Å². The minimum Gasteiger partial charge on any atom is -0.465 e. The molecule has 0 aromatic carbocycles. The molecule has 1 unspecified atom stereocenters. The van der Waals surface area contributed by atoms with Crippen LogP contribution < -0.4 is 11.1 Å². The van der Waals surface area contributed by atoms with Crippen molar-refractivity contribution >= 4 is 0 Å². The third-order valence-electron chi connectivity index (χ3n) is 3.76. The van der Waals surface area contributed by atoms with Crippen LogP contribution in [-0.2, 0) is 0 Å². The molecule has 0 aliphatic carbocycles. The maximum Gasteiger partial charge on any atom is 0.122 e. The van der Waals surface area contributed by atoms with Gasteiger partial charge in [-0.2, -0.15) is 0 Å². The highest BCUT2D eigenvalue weighted by atomic mass is 16.3. The zero-order valence-corrected chi connectivity index (χ0v) is 11.0. The maximum absolute atomic E-state index is 6.36. The van der Waals surface area contributed by atoms with E-state index in [2.05, 4.69) is 24.1 Å². The van der Waals surface area contributed by atoms with Gasteiger partial charge < -0.3 is 15.5 Å². The molecule has 2 rings (SSSR count). The molecule has 3 N–H and O–H groups in total. The Bertz CT molecular complexity index is 366. The Hall–Kier alpha value is -0.840. The summed E-state index contributed by atoms with van der Waals surface area (Å²) in [7, 11) is 0. The van der Waals surface area contributed by atoms with Crippen LogP contribution in [0.5, 0.6) is 0 Å². The first-order chi connectivity index (χ1) is 8.01. The largest absolute Gasteiger partial charge is 0.465 e. The maximum atomic E-state index is 6.36. The minimum absolute atomic E-state index is 0.0770. The predicted octanol–water partition coefficient (Wildman–Crippen LogP) is 1.27. The van der Waals surface area contributed by atoms with Gasteiger partial charge >= 0.3 is 0 Å².